The second-order valence-electron chi connectivity index (χ2n) is 8.01. The molecule has 0 spiro atoms. The highest BCUT2D eigenvalue weighted by atomic mass is 31.1. The Balaban J connectivity index is 1.67. The third-order valence-electron chi connectivity index (χ3n) is 5.87. The first kappa shape index (κ1) is 24.7. The molecule has 0 heterocycles. The molecule has 0 aliphatic heterocycles. The van der Waals surface area contributed by atoms with Gasteiger partial charge in [0.05, 0.1) is 22.9 Å². The van der Waals surface area contributed by atoms with Gasteiger partial charge in [0.2, 0.25) is 0 Å². The minimum atomic E-state index is -0.984. The van der Waals surface area contributed by atoms with E-state index in [1.54, 1.807) is 14.2 Å². The summed E-state index contributed by atoms with van der Waals surface area (Å²) in [7, 11) is 3.98. The summed E-state index contributed by atoms with van der Waals surface area (Å²) in [6, 6.07) is 41.5. The van der Waals surface area contributed by atoms with E-state index in [1.807, 2.05) is 0 Å². The van der Waals surface area contributed by atoms with E-state index in [4.69, 9.17) is 9.47 Å². The average Bonchev–Trinajstić information content (AvgIpc) is 2.91. The second-order valence-corrected chi connectivity index (χ2v) is 13.4. The first-order valence-corrected chi connectivity index (χ1v) is 15.5. The van der Waals surface area contributed by atoms with E-state index in [1.165, 1.54) is 21.0 Å². The molecule has 4 aromatic carbocycles. The van der Waals surface area contributed by atoms with Gasteiger partial charge < -0.3 is 9.47 Å². The van der Waals surface area contributed by atoms with Gasteiger partial charge in [-0.05, 0) is 12.1 Å². The zero-order valence-corrected chi connectivity index (χ0v) is 22.7. The van der Waals surface area contributed by atoms with Gasteiger partial charge in [-0.3, -0.25) is 0 Å². The topological polar surface area (TPSA) is 18.5 Å². The van der Waals surface area contributed by atoms with Crippen molar-refractivity contribution < 1.29 is 9.47 Å². The lowest BCUT2D eigenvalue weighted by molar-refractivity contribution is 0.418. The molecule has 2 atom stereocenters. The first-order valence-electron chi connectivity index (χ1n) is 11.5. The van der Waals surface area contributed by atoms with Crippen molar-refractivity contribution >= 4 is 53.1 Å². The third-order valence-corrected chi connectivity index (χ3v) is 12.8. The van der Waals surface area contributed by atoms with E-state index in [0.29, 0.717) is 23.5 Å². The molecule has 0 saturated carbocycles. The van der Waals surface area contributed by atoms with E-state index in [2.05, 4.69) is 109 Å². The maximum atomic E-state index is 5.67. The van der Waals surface area contributed by atoms with E-state index in [-0.39, 0.29) is 0 Å². The zero-order valence-electron chi connectivity index (χ0n) is 19.7. The Hall–Kier alpha value is -2.38. The minimum absolute atomic E-state index is 0.585. The SMILES string of the molecule is COc1ccccc1PCB(CPc1ccccc1OC)[Si](c1ccccc1)c1ccccc1. The standard InChI is InChI=1S/C28H30BO2P2Si/c1-30-25-17-9-11-19-27(25)32-21-29(22-33-28-20-12-10-18-26(28)31-2)34(23-13-5-3-6-14-23)24-15-7-4-8-16-24/h3-20,32-33H,21-22H2,1-2H3. The van der Waals surface area contributed by atoms with Crippen LogP contribution in [0.5, 0.6) is 11.5 Å². The van der Waals surface area contributed by atoms with E-state index in [0.717, 1.165) is 23.6 Å². The molecule has 0 amide bonds. The summed E-state index contributed by atoms with van der Waals surface area (Å²) in [5.74, 6) is 2.00. The van der Waals surface area contributed by atoms with Gasteiger partial charge in [-0.15, -0.1) is 0 Å². The summed E-state index contributed by atoms with van der Waals surface area (Å²) in [6.45, 7) is 0. The Morgan fingerprint density at radius 3 is 1.35 bits per heavy atom. The molecule has 0 aliphatic rings. The van der Waals surface area contributed by atoms with Crippen LogP contribution in [0.4, 0.5) is 0 Å². The van der Waals surface area contributed by atoms with Crippen molar-refractivity contribution in [3.8, 4) is 11.5 Å². The molecule has 0 fully saturated rings. The minimum Gasteiger partial charge on any atom is -0.496 e. The molecule has 0 aliphatic carbocycles. The quantitative estimate of drug-likeness (QED) is 0.230. The molecule has 6 heteroatoms. The van der Waals surface area contributed by atoms with Gasteiger partial charge in [0.15, 0.2) is 6.31 Å². The van der Waals surface area contributed by atoms with Crippen LogP contribution in [-0.4, -0.2) is 41.3 Å². The van der Waals surface area contributed by atoms with Crippen LogP contribution in [0.2, 0.25) is 0 Å². The molecule has 4 rings (SSSR count). The van der Waals surface area contributed by atoms with Gasteiger partial charge in [-0.25, -0.2) is 0 Å². The lowest BCUT2D eigenvalue weighted by Gasteiger charge is -2.25. The fraction of sp³-hybridized carbons (Fsp3) is 0.143. The highest BCUT2D eigenvalue weighted by Crippen LogP contribution is 2.25. The van der Waals surface area contributed by atoms with Crippen LogP contribution < -0.4 is 30.5 Å². The molecule has 0 saturated heterocycles. The molecule has 0 N–H and O–H groups in total. The van der Waals surface area contributed by atoms with Crippen molar-refractivity contribution in [2.24, 2.45) is 0 Å². The molecular weight excluding hydrogens is 469 g/mol. The van der Waals surface area contributed by atoms with Crippen LogP contribution in [0.15, 0.2) is 109 Å². The fourth-order valence-electron chi connectivity index (χ4n) is 4.20. The lowest BCUT2D eigenvalue weighted by atomic mass is 9.82. The van der Waals surface area contributed by atoms with Crippen LogP contribution >= 0.6 is 17.2 Å². The molecule has 34 heavy (non-hydrogen) atoms. The number of ether oxygens (including phenoxy) is 2. The number of rotatable bonds is 11. The summed E-state index contributed by atoms with van der Waals surface area (Å²) in [5.41, 5.74) is 0. The van der Waals surface area contributed by atoms with Gasteiger partial charge in [-0.2, -0.15) is 0 Å². The largest absolute Gasteiger partial charge is 0.496 e. The Kier molecular flexibility index (Phi) is 9.39. The molecule has 4 aromatic rings. The lowest BCUT2D eigenvalue weighted by Crippen LogP contribution is -2.57. The smallest absolute Gasteiger partial charge is 0.152 e. The van der Waals surface area contributed by atoms with Crippen molar-refractivity contribution in [2.75, 3.05) is 26.3 Å². The first-order chi connectivity index (χ1) is 16.8. The van der Waals surface area contributed by atoms with E-state index in [9.17, 15) is 0 Å². The van der Waals surface area contributed by atoms with Gasteiger partial charge in [0.1, 0.15) is 11.5 Å². The number of hydrogen-bond acceptors (Lipinski definition) is 2. The summed E-state index contributed by atoms with van der Waals surface area (Å²) < 4.78 is 11.3. The molecule has 2 nitrogen and oxygen atoms in total. The highest BCUT2D eigenvalue weighted by molar-refractivity contribution is 7.59. The normalized spacial score (nSPS) is 11.5. The predicted molar refractivity (Wildman–Crippen MR) is 155 cm³/mol. The molecule has 0 bridgehead atoms. The monoisotopic (exact) mass is 499 g/mol. The van der Waals surface area contributed by atoms with Crippen LogP contribution in [0.25, 0.3) is 0 Å². The Labute approximate surface area is 209 Å². The van der Waals surface area contributed by atoms with Crippen LogP contribution in [0.3, 0.4) is 0 Å². The maximum Gasteiger partial charge on any atom is 0.152 e. The average molecular weight is 499 g/mol. The van der Waals surface area contributed by atoms with E-state index >= 15 is 0 Å². The Bertz CT molecular complexity index is 1070. The number of benzene rings is 4. The molecule has 171 valence electrons. The predicted octanol–water partition coefficient (Wildman–Crippen LogP) is 3.97. The van der Waals surface area contributed by atoms with Crippen LogP contribution in [0.1, 0.15) is 0 Å². The molecule has 1 radical (unpaired) electrons. The zero-order chi connectivity index (χ0) is 23.6. The van der Waals surface area contributed by atoms with Crippen molar-refractivity contribution in [2.45, 2.75) is 0 Å². The summed E-state index contributed by atoms with van der Waals surface area (Å²) in [5, 5.41) is 5.60. The van der Waals surface area contributed by atoms with Crippen molar-refractivity contribution in [3.05, 3.63) is 109 Å². The Morgan fingerprint density at radius 1 is 0.559 bits per heavy atom. The van der Waals surface area contributed by atoms with Gasteiger partial charge >= 0.3 is 0 Å². The van der Waals surface area contributed by atoms with E-state index < -0.39 is 8.67 Å². The van der Waals surface area contributed by atoms with Gasteiger partial charge in [-0.1, -0.05) is 137 Å². The maximum absolute atomic E-state index is 5.67. The molecular formula is C28H30BO2P2Si. The third kappa shape index (κ3) is 6.39. The number of methoxy groups -OCH3 is 2. The molecule has 2 unspecified atom stereocenters. The summed E-state index contributed by atoms with van der Waals surface area (Å²) >= 11 is 0. The van der Waals surface area contributed by atoms with Crippen molar-refractivity contribution in [1.29, 1.82) is 0 Å². The van der Waals surface area contributed by atoms with Crippen molar-refractivity contribution in [1.82, 2.24) is 0 Å². The number of para-hydroxylation sites is 2. The molecule has 0 aromatic heterocycles. The van der Waals surface area contributed by atoms with Gasteiger partial charge in [0, 0.05) is 10.6 Å². The van der Waals surface area contributed by atoms with Crippen LogP contribution in [0, 0.1) is 0 Å². The fourth-order valence-corrected chi connectivity index (χ4v) is 11.5. The van der Waals surface area contributed by atoms with Crippen LogP contribution in [-0.2, 0) is 0 Å². The Morgan fingerprint density at radius 2 is 0.941 bits per heavy atom. The van der Waals surface area contributed by atoms with Crippen molar-refractivity contribution in [3.63, 3.8) is 0 Å². The second kappa shape index (κ2) is 12.9. The number of hydrogen-bond donors (Lipinski definition) is 0. The highest BCUT2D eigenvalue weighted by Gasteiger charge is 2.30. The van der Waals surface area contributed by atoms with Gasteiger partial charge in [0.25, 0.3) is 0 Å². The summed E-state index contributed by atoms with van der Waals surface area (Å²) in [6.07, 6.45) is 0.585. The summed E-state index contributed by atoms with van der Waals surface area (Å²) in [4.78, 5) is 0.